The Hall–Kier alpha value is -3.65. The summed E-state index contributed by atoms with van der Waals surface area (Å²) in [5.41, 5.74) is 2.89. The molecule has 0 unspecified atom stereocenters. The lowest BCUT2D eigenvalue weighted by Gasteiger charge is -2.24. The summed E-state index contributed by atoms with van der Waals surface area (Å²) in [7, 11) is -3.73. The monoisotopic (exact) mass is 507 g/mol. The lowest BCUT2D eigenvalue weighted by atomic mass is 9.87. The summed E-state index contributed by atoms with van der Waals surface area (Å²) in [5, 5.41) is 5.64. The number of carbonyl (C=O) groups is 2. The molecule has 2 N–H and O–H groups in total. The molecule has 0 radical (unpaired) electrons. The Morgan fingerprint density at radius 1 is 0.889 bits per heavy atom. The molecule has 0 aromatic heterocycles. The van der Waals surface area contributed by atoms with Crippen LogP contribution in [0.4, 0.5) is 11.4 Å². The van der Waals surface area contributed by atoms with Crippen LogP contribution in [-0.4, -0.2) is 33.0 Å². The molecule has 0 fully saturated rings. The van der Waals surface area contributed by atoms with Gasteiger partial charge in [-0.1, -0.05) is 75.4 Å². The molecule has 0 saturated heterocycles. The van der Waals surface area contributed by atoms with Crippen molar-refractivity contribution in [3.8, 4) is 0 Å². The molecule has 0 saturated carbocycles. The molecule has 0 spiro atoms. The van der Waals surface area contributed by atoms with Gasteiger partial charge < -0.3 is 10.6 Å². The predicted molar refractivity (Wildman–Crippen MR) is 145 cm³/mol. The highest BCUT2D eigenvalue weighted by atomic mass is 32.2. The molecule has 36 heavy (non-hydrogen) atoms. The average Bonchev–Trinajstić information content (AvgIpc) is 2.82. The first kappa shape index (κ1) is 26.9. The number of benzene rings is 3. The minimum absolute atomic E-state index is 0.0892. The van der Waals surface area contributed by atoms with Gasteiger partial charge >= 0.3 is 0 Å². The van der Waals surface area contributed by atoms with Gasteiger partial charge in [-0.25, -0.2) is 8.42 Å². The van der Waals surface area contributed by atoms with Crippen molar-refractivity contribution in [2.45, 2.75) is 39.2 Å². The third kappa shape index (κ3) is 6.95. The van der Waals surface area contributed by atoms with Crippen LogP contribution in [0, 0.1) is 0 Å². The topological polar surface area (TPSA) is 95.6 Å². The molecule has 8 heteroatoms. The first-order valence-corrected chi connectivity index (χ1v) is 13.5. The summed E-state index contributed by atoms with van der Waals surface area (Å²) in [5.74, 6) is -0.906. The number of sulfonamides is 1. The van der Waals surface area contributed by atoms with Gasteiger partial charge in [-0.15, -0.1) is 0 Å². The fourth-order valence-corrected chi connectivity index (χ4v) is 4.59. The largest absolute Gasteiger partial charge is 0.345 e. The number of anilines is 2. The maximum absolute atomic E-state index is 13.0. The van der Waals surface area contributed by atoms with Crippen molar-refractivity contribution in [1.29, 1.82) is 0 Å². The van der Waals surface area contributed by atoms with Gasteiger partial charge in [-0.05, 0) is 47.7 Å². The molecule has 2 amide bonds. The molecule has 0 aliphatic carbocycles. The number of hydrogen-bond donors (Lipinski definition) is 2. The minimum Gasteiger partial charge on any atom is -0.345 e. The van der Waals surface area contributed by atoms with Gasteiger partial charge in [-0.3, -0.25) is 13.9 Å². The van der Waals surface area contributed by atoms with E-state index in [0.717, 1.165) is 21.7 Å². The van der Waals surface area contributed by atoms with Gasteiger partial charge in [0.2, 0.25) is 15.9 Å². The van der Waals surface area contributed by atoms with Gasteiger partial charge in [0.1, 0.15) is 6.54 Å². The van der Waals surface area contributed by atoms with Crippen molar-refractivity contribution in [2.24, 2.45) is 0 Å². The Kier molecular flexibility index (Phi) is 8.20. The summed E-state index contributed by atoms with van der Waals surface area (Å²) in [6.07, 6.45) is 1.06. The molecule has 0 aliphatic rings. The first-order valence-electron chi connectivity index (χ1n) is 11.7. The van der Waals surface area contributed by atoms with E-state index in [1.54, 1.807) is 36.4 Å². The maximum Gasteiger partial charge on any atom is 0.253 e. The number of rotatable bonds is 8. The van der Waals surface area contributed by atoms with Gasteiger partial charge in [0, 0.05) is 0 Å². The van der Waals surface area contributed by atoms with E-state index in [9.17, 15) is 18.0 Å². The second kappa shape index (κ2) is 11.0. The van der Waals surface area contributed by atoms with Crippen LogP contribution in [-0.2, 0) is 20.2 Å². The highest BCUT2D eigenvalue weighted by molar-refractivity contribution is 7.92. The van der Waals surface area contributed by atoms with Crippen molar-refractivity contribution >= 4 is 33.2 Å². The molecule has 190 valence electrons. The normalized spacial score (nSPS) is 12.5. The quantitative estimate of drug-likeness (QED) is 0.454. The highest BCUT2D eigenvalue weighted by Crippen LogP contribution is 2.26. The van der Waals surface area contributed by atoms with Crippen LogP contribution < -0.4 is 14.9 Å². The molecular weight excluding hydrogens is 474 g/mol. The third-order valence-corrected chi connectivity index (χ3v) is 6.94. The van der Waals surface area contributed by atoms with E-state index in [4.69, 9.17) is 0 Å². The number of hydrogen-bond acceptors (Lipinski definition) is 4. The molecule has 0 heterocycles. The zero-order valence-electron chi connectivity index (χ0n) is 21.3. The van der Waals surface area contributed by atoms with Crippen LogP contribution in [0.3, 0.4) is 0 Å². The van der Waals surface area contributed by atoms with E-state index < -0.39 is 22.5 Å². The number of carbonyl (C=O) groups excluding carboxylic acids is 2. The smallest absolute Gasteiger partial charge is 0.253 e. The maximum atomic E-state index is 13.0. The van der Waals surface area contributed by atoms with E-state index in [1.807, 2.05) is 49.4 Å². The van der Waals surface area contributed by atoms with Gasteiger partial charge in [-0.2, -0.15) is 0 Å². The summed E-state index contributed by atoms with van der Waals surface area (Å²) in [6, 6.07) is 23.1. The number of nitrogens with one attached hydrogen (secondary N) is 2. The van der Waals surface area contributed by atoms with Crippen LogP contribution in [0.15, 0.2) is 78.9 Å². The summed E-state index contributed by atoms with van der Waals surface area (Å²) in [4.78, 5) is 25.9. The van der Waals surface area contributed by atoms with E-state index >= 15 is 0 Å². The lowest BCUT2D eigenvalue weighted by molar-refractivity contribution is -0.114. The molecular formula is C28H33N3O4S. The van der Waals surface area contributed by atoms with Crippen LogP contribution in [0.25, 0.3) is 0 Å². The van der Waals surface area contributed by atoms with Gasteiger partial charge in [0.15, 0.2) is 0 Å². The Morgan fingerprint density at radius 3 is 2.06 bits per heavy atom. The van der Waals surface area contributed by atoms with Gasteiger partial charge in [0.05, 0.1) is 29.2 Å². The Morgan fingerprint density at radius 2 is 1.47 bits per heavy atom. The number of nitrogens with zero attached hydrogens (tertiary/aromatic N) is 1. The van der Waals surface area contributed by atoms with E-state index in [1.165, 1.54) is 0 Å². The van der Waals surface area contributed by atoms with E-state index in [0.29, 0.717) is 11.4 Å². The zero-order valence-corrected chi connectivity index (χ0v) is 22.1. The Bertz CT molecular complexity index is 1310. The lowest BCUT2D eigenvalue weighted by Crippen LogP contribution is -2.38. The molecule has 3 rings (SSSR count). The summed E-state index contributed by atoms with van der Waals surface area (Å²) in [6.45, 7) is 7.65. The van der Waals surface area contributed by atoms with Crippen molar-refractivity contribution < 1.29 is 18.0 Å². The Balaban J connectivity index is 1.77. The SMILES string of the molecule is C[C@@H](NC(=O)c1ccccc1NC(=O)CN(c1ccc(C(C)(C)C)cc1)S(C)(=O)=O)c1ccccc1. The van der Waals surface area contributed by atoms with Crippen LogP contribution in [0.2, 0.25) is 0 Å². The van der Waals surface area contributed by atoms with Crippen molar-refractivity contribution in [1.82, 2.24) is 5.32 Å². The first-order chi connectivity index (χ1) is 16.9. The number of para-hydroxylation sites is 1. The molecule has 7 nitrogen and oxygen atoms in total. The average molecular weight is 508 g/mol. The van der Waals surface area contributed by atoms with Crippen molar-refractivity contribution in [2.75, 3.05) is 22.4 Å². The molecule has 1 atom stereocenters. The van der Waals surface area contributed by atoms with Crippen LogP contribution in [0.1, 0.15) is 55.2 Å². The van der Waals surface area contributed by atoms with Crippen molar-refractivity contribution in [3.05, 3.63) is 95.6 Å². The third-order valence-electron chi connectivity index (χ3n) is 5.80. The van der Waals surface area contributed by atoms with Crippen LogP contribution >= 0.6 is 0 Å². The van der Waals surface area contributed by atoms with Crippen LogP contribution in [0.5, 0.6) is 0 Å². The Labute approximate surface area is 213 Å². The fourth-order valence-electron chi connectivity index (χ4n) is 3.74. The number of amides is 2. The van der Waals surface area contributed by atoms with E-state index in [-0.39, 0.29) is 22.9 Å². The zero-order chi connectivity index (χ0) is 26.5. The predicted octanol–water partition coefficient (Wildman–Crippen LogP) is 4.88. The second-order valence-corrected chi connectivity index (χ2v) is 11.7. The van der Waals surface area contributed by atoms with E-state index in [2.05, 4.69) is 31.4 Å². The van der Waals surface area contributed by atoms with Gasteiger partial charge in [0.25, 0.3) is 5.91 Å². The molecule has 0 bridgehead atoms. The second-order valence-electron chi connectivity index (χ2n) is 9.77. The molecule has 0 aliphatic heterocycles. The van der Waals surface area contributed by atoms with Crippen molar-refractivity contribution in [3.63, 3.8) is 0 Å². The fraction of sp³-hybridized carbons (Fsp3) is 0.286. The molecule has 3 aromatic rings. The summed E-state index contributed by atoms with van der Waals surface area (Å²) >= 11 is 0. The summed E-state index contributed by atoms with van der Waals surface area (Å²) < 4.78 is 26.1. The minimum atomic E-state index is -3.73. The highest BCUT2D eigenvalue weighted by Gasteiger charge is 2.23. The standard InChI is InChI=1S/C28H33N3O4S/c1-20(21-11-7-6-8-12-21)29-27(33)24-13-9-10-14-25(24)30-26(32)19-31(36(5,34)35)23-17-15-22(16-18-23)28(2,3)4/h6-18,20H,19H2,1-5H3,(H,29,33)(H,30,32)/t20-/m1/s1. The molecule has 3 aromatic carbocycles.